The first-order valence-corrected chi connectivity index (χ1v) is 4.76. The lowest BCUT2D eigenvalue weighted by atomic mass is 10.3. The minimum atomic E-state index is -0.429. The van der Waals surface area contributed by atoms with E-state index in [1.54, 1.807) is 12.1 Å². The van der Waals surface area contributed by atoms with Crippen molar-refractivity contribution in [3.8, 4) is 0 Å². The molecule has 0 aliphatic heterocycles. The molecule has 0 spiro atoms. The van der Waals surface area contributed by atoms with Gasteiger partial charge in [-0.25, -0.2) is 4.39 Å². The minimum Gasteiger partial charge on any atom is -0.389 e. The fourth-order valence-corrected chi connectivity index (χ4v) is 1.45. The summed E-state index contributed by atoms with van der Waals surface area (Å²) in [6.07, 6.45) is 0. The summed E-state index contributed by atoms with van der Waals surface area (Å²) in [5, 5.41) is 9.61. The Labute approximate surface area is 92.6 Å². The van der Waals surface area contributed by atoms with Crippen molar-refractivity contribution in [2.75, 3.05) is 11.1 Å². The zero-order valence-corrected chi connectivity index (χ0v) is 8.95. The van der Waals surface area contributed by atoms with E-state index in [-0.39, 0.29) is 17.7 Å². The minimum absolute atomic E-state index is 0.0401. The van der Waals surface area contributed by atoms with E-state index < -0.39 is 5.82 Å². The van der Waals surface area contributed by atoms with Crippen LogP contribution < -0.4 is 11.1 Å². The molecule has 0 atom stereocenters. The highest BCUT2D eigenvalue weighted by Gasteiger charge is 2.09. The molecule has 1 aromatic heterocycles. The summed E-state index contributed by atoms with van der Waals surface area (Å²) in [5.74, 6) is -0.429. The molecule has 0 saturated carbocycles. The number of halogens is 2. The van der Waals surface area contributed by atoms with Crippen LogP contribution in [-0.2, 0) is 0 Å². The molecule has 2 rings (SSSR count). The molecule has 2 aromatic rings. The second-order valence-electron chi connectivity index (χ2n) is 2.67. The van der Waals surface area contributed by atoms with E-state index in [0.717, 1.165) is 0 Å². The van der Waals surface area contributed by atoms with Crippen molar-refractivity contribution in [1.82, 2.24) is 10.2 Å². The van der Waals surface area contributed by atoms with E-state index >= 15 is 0 Å². The van der Waals surface area contributed by atoms with Gasteiger partial charge in [0, 0.05) is 4.47 Å². The van der Waals surface area contributed by atoms with Gasteiger partial charge in [0.2, 0.25) is 0 Å². The smallest absolute Gasteiger partial charge is 0.321 e. The van der Waals surface area contributed by atoms with E-state index in [1.165, 1.54) is 6.07 Å². The van der Waals surface area contributed by atoms with Crippen LogP contribution in [-0.4, -0.2) is 10.2 Å². The highest BCUT2D eigenvalue weighted by molar-refractivity contribution is 9.10. The summed E-state index contributed by atoms with van der Waals surface area (Å²) in [7, 11) is 0. The van der Waals surface area contributed by atoms with Crippen molar-refractivity contribution in [2.24, 2.45) is 0 Å². The van der Waals surface area contributed by atoms with Gasteiger partial charge in [0.05, 0.1) is 5.69 Å². The Morgan fingerprint density at radius 2 is 2.20 bits per heavy atom. The van der Waals surface area contributed by atoms with Crippen LogP contribution in [0.4, 0.5) is 22.1 Å². The number of aromatic nitrogens is 2. The standard InChI is InChI=1S/C8H6BrFN4O/c9-4-2-1-3-5(10)6(4)12-8-14-13-7(11)15-8/h1-3H,(H2,11,13)(H,12,14). The second kappa shape index (κ2) is 3.85. The van der Waals surface area contributed by atoms with E-state index in [0.29, 0.717) is 4.47 Å². The largest absolute Gasteiger partial charge is 0.389 e. The number of nitrogens with two attached hydrogens (primary N) is 1. The quantitative estimate of drug-likeness (QED) is 0.877. The molecular weight excluding hydrogens is 267 g/mol. The van der Waals surface area contributed by atoms with Gasteiger partial charge in [0.25, 0.3) is 0 Å². The molecule has 0 bridgehead atoms. The normalized spacial score (nSPS) is 10.3. The van der Waals surface area contributed by atoms with Crippen LogP contribution in [0.1, 0.15) is 0 Å². The van der Waals surface area contributed by atoms with Crippen molar-refractivity contribution >= 4 is 33.6 Å². The van der Waals surface area contributed by atoms with Crippen LogP contribution >= 0.6 is 15.9 Å². The molecule has 0 aliphatic rings. The summed E-state index contributed by atoms with van der Waals surface area (Å²) in [5.41, 5.74) is 5.45. The average molecular weight is 273 g/mol. The molecule has 1 heterocycles. The maximum atomic E-state index is 13.3. The number of para-hydroxylation sites is 1. The van der Waals surface area contributed by atoms with Crippen LogP contribution in [0.5, 0.6) is 0 Å². The Balaban J connectivity index is 2.31. The van der Waals surface area contributed by atoms with E-state index in [4.69, 9.17) is 10.2 Å². The maximum absolute atomic E-state index is 13.3. The van der Waals surface area contributed by atoms with Crippen molar-refractivity contribution < 1.29 is 8.81 Å². The number of anilines is 3. The molecule has 0 unspecified atom stereocenters. The van der Waals surface area contributed by atoms with E-state index in [9.17, 15) is 4.39 Å². The number of nitrogens with zero attached hydrogens (tertiary/aromatic N) is 2. The molecule has 5 nitrogen and oxygen atoms in total. The fraction of sp³-hybridized carbons (Fsp3) is 0. The first-order chi connectivity index (χ1) is 7.16. The van der Waals surface area contributed by atoms with E-state index in [2.05, 4.69) is 31.4 Å². The van der Waals surface area contributed by atoms with Crippen LogP contribution in [0.2, 0.25) is 0 Å². The summed E-state index contributed by atoms with van der Waals surface area (Å²) in [6, 6.07) is 4.54. The Morgan fingerprint density at radius 3 is 2.80 bits per heavy atom. The SMILES string of the molecule is Nc1nnc(Nc2c(F)cccc2Br)o1. The van der Waals surface area contributed by atoms with E-state index in [1.807, 2.05) is 0 Å². The van der Waals surface area contributed by atoms with Crippen molar-refractivity contribution in [2.45, 2.75) is 0 Å². The van der Waals surface area contributed by atoms with Gasteiger partial charge in [-0.05, 0) is 28.1 Å². The predicted molar refractivity (Wildman–Crippen MR) is 56.1 cm³/mol. The summed E-state index contributed by atoms with van der Waals surface area (Å²) >= 11 is 3.19. The Bertz CT molecular complexity index is 467. The highest BCUT2D eigenvalue weighted by Crippen LogP contribution is 2.27. The monoisotopic (exact) mass is 272 g/mol. The Hall–Kier alpha value is -1.63. The third kappa shape index (κ3) is 2.07. The third-order valence-corrected chi connectivity index (χ3v) is 2.30. The lowest BCUT2D eigenvalue weighted by molar-refractivity contribution is 0.588. The van der Waals surface area contributed by atoms with Crippen molar-refractivity contribution in [3.63, 3.8) is 0 Å². The molecule has 0 aliphatic carbocycles. The number of rotatable bonds is 2. The molecule has 0 amide bonds. The van der Waals surface area contributed by atoms with Gasteiger partial charge in [-0.3, -0.25) is 0 Å². The number of benzene rings is 1. The maximum Gasteiger partial charge on any atom is 0.321 e. The molecule has 0 saturated heterocycles. The molecule has 7 heteroatoms. The second-order valence-corrected chi connectivity index (χ2v) is 3.52. The van der Waals surface area contributed by atoms with Gasteiger partial charge >= 0.3 is 12.0 Å². The van der Waals surface area contributed by atoms with Gasteiger partial charge in [0.15, 0.2) is 0 Å². The molecule has 15 heavy (non-hydrogen) atoms. The van der Waals surface area contributed by atoms with Gasteiger partial charge in [-0.2, -0.15) is 0 Å². The zero-order chi connectivity index (χ0) is 10.8. The predicted octanol–water partition coefficient (Wildman–Crippen LogP) is 2.30. The number of nitrogens with one attached hydrogen (secondary N) is 1. The average Bonchev–Trinajstić information content (AvgIpc) is 2.58. The fourth-order valence-electron chi connectivity index (χ4n) is 1.01. The first-order valence-electron chi connectivity index (χ1n) is 3.97. The number of hydrogen-bond acceptors (Lipinski definition) is 5. The topological polar surface area (TPSA) is 77.0 Å². The number of hydrogen-bond donors (Lipinski definition) is 2. The summed E-state index contributed by atoms with van der Waals surface area (Å²) in [4.78, 5) is 0. The number of nitrogen functional groups attached to an aromatic ring is 1. The highest BCUT2D eigenvalue weighted by atomic mass is 79.9. The zero-order valence-electron chi connectivity index (χ0n) is 7.37. The molecule has 3 N–H and O–H groups in total. The van der Waals surface area contributed by atoms with Gasteiger partial charge in [-0.1, -0.05) is 16.3 Å². The molecule has 1 aromatic carbocycles. The molecule has 0 radical (unpaired) electrons. The van der Waals surface area contributed by atoms with Crippen LogP contribution in [0.3, 0.4) is 0 Å². The Kier molecular flexibility index (Phi) is 2.55. The summed E-state index contributed by atoms with van der Waals surface area (Å²) < 4.78 is 18.7. The Morgan fingerprint density at radius 1 is 1.40 bits per heavy atom. The van der Waals surface area contributed by atoms with Crippen LogP contribution in [0.15, 0.2) is 27.1 Å². The molecule has 78 valence electrons. The van der Waals surface area contributed by atoms with Gasteiger partial charge < -0.3 is 15.5 Å². The van der Waals surface area contributed by atoms with Gasteiger partial charge in [0.1, 0.15) is 5.82 Å². The third-order valence-electron chi connectivity index (χ3n) is 1.64. The van der Waals surface area contributed by atoms with Gasteiger partial charge in [-0.15, -0.1) is 0 Å². The van der Waals surface area contributed by atoms with Crippen molar-refractivity contribution in [1.29, 1.82) is 0 Å². The van der Waals surface area contributed by atoms with Crippen LogP contribution in [0, 0.1) is 5.82 Å². The first kappa shape index (κ1) is 9.91. The lowest BCUT2D eigenvalue weighted by Gasteiger charge is -2.04. The molecule has 0 fully saturated rings. The lowest BCUT2D eigenvalue weighted by Crippen LogP contribution is -1.95. The molecular formula is C8H6BrFN4O. The van der Waals surface area contributed by atoms with Crippen molar-refractivity contribution in [3.05, 3.63) is 28.5 Å². The summed E-state index contributed by atoms with van der Waals surface area (Å²) in [6.45, 7) is 0. The van der Waals surface area contributed by atoms with Crippen LogP contribution in [0.25, 0.3) is 0 Å².